The lowest BCUT2D eigenvalue weighted by molar-refractivity contribution is -0.123. The summed E-state index contributed by atoms with van der Waals surface area (Å²) in [6.07, 6.45) is 0. The average Bonchev–Trinajstić information content (AvgIpc) is 2.35. The Labute approximate surface area is 94.2 Å². The number of amides is 1. The highest BCUT2D eigenvalue weighted by Crippen LogP contribution is 2.10. The fraction of sp³-hybridized carbons (Fsp3) is 0.364. The average molecular weight is 224 g/mol. The van der Waals surface area contributed by atoms with E-state index in [2.05, 4.69) is 5.32 Å². The van der Waals surface area contributed by atoms with Gasteiger partial charge in [-0.2, -0.15) is 0 Å². The molecule has 1 rings (SSSR count). The topological polar surface area (TPSA) is 84.6 Å². The summed E-state index contributed by atoms with van der Waals surface area (Å²) >= 11 is 0. The van der Waals surface area contributed by atoms with Crippen LogP contribution >= 0.6 is 0 Å². The molecule has 16 heavy (non-hydrogen) atoms. The second kappa shape index (κ2) is 6.09. The van der Waals surface area contributed by atoms with Crippen molar-refractivity contribution in [2.75, 3.05) is 13.7 Å². The van der Waals surface area contributed by atoms with Gasteiger partial charge in [0.15, 0.2) is 0 Å². The van der Waals surface area contributed by atoms with Crippen LogP contribution in [0.2, 0.25) is 0 Å². The Morgan fingerprint density at radius 3 is 2.62 bits per heavy atom. The normalized spacial score (nSPS) is 11.9. The quantitative estimate of drug-likeness (QED) is 0.637. The summed E-state index contributed by atoms with van der Waals surface area (Å²) in [5.74, 6) is 0.403. The van der Waals surface area contributed by atoms with Crippen molar-refractivity contribution < 1.29 is 14.6 Å². The van der Waals surface area contributed by atoms with Gasteiger partial charge >= 0.3 is 0 Å². The monoisotopic (exact) mass is 224 g/mol. The van der Waals surface area contributed by atoms with Crippen LogP contribution < -0.4 is 15.8 Å². The number of aliphatic hydroxyl groups is 1. The number of aliphatic hydroxyl groups excluding tert-OH is 1. The molecule has 0 aliphatic heterocycles. The number of nitrogens with one attached hydrogen (secondary N) is 1. The Balaban J connectivity index is 2.45. The fourth-order valence-electron chi connectivity index (χ4n) is 1.15. The van der Waals surface area contributed by atoms with Gasteiger partial charge < -0.3 is 20.9 Å². The Hall–Kier alpha value is -1.59. The van der Waals surface area contributed by atoms with Gasteiger partial charge in [0.1, 0.15) is 11.8 Å². The van der Waals surface area contributed by atoms with Crippen LogP contribution in [-0.4, -0.2) is 30.8 Å². The summed E-state index contributed by atoms with van der Waals surface area (Å²) in [6.45, 7) is 0.0327. The highest BCUT2D eigenvalue weighted by atomic mass is 16.5. The smallest absolute Gasteiger partial charge is 0.239 e. The summed E-state index contributed by atoms with van der Waals surface area (Å²) < 4.78 is 5.01. The minimum absolute atomic E-state index is 0.353. The highest BCUT2D eigenvalue weighted by molar-refractivity contribution is 5.81. The third-order valence-electron chi connectivity index (χ3n) is 2.16. The molecule has 5 nitrogen and oxygen atoms in total. The number of nitrogens with two attached hydrogens (primary N) is 1. The van der Waals surface area contributed by atoms with E-state index in [9.17, 15) is 4.79 Å². The Bertz CT molecular complexity index is 338. The minimum atomic E-state index is -0.863. The maximum atomic E-state index is 11.2. The number of hydrogen-bond acceptors (Lipinski definition) is 4. The van der Waals surface area contributed by atoms with Gasteiger partial charge in [-0.15, -0.1) is 0 Å². The Kier molecular flexibility index (Phi) is 4.75. The number of carbonyl (C=O) groups excluding carboxylic acids is 1. The molecule has 0 aromatic heterocycles. The van der Waals surface area contributed by atoms with Gasteiger partial charge in [0.25, 0.3) is 0 Å². The van der Waals surface area contributed by atoms with Gasteiger partial charge in [-0.25, -0.2) is 0 Å². The maximum absolute atomic E-state index is 11.2. The molecule has 0 bridgehead atoms. The molecule has 0 saturated heterocycles. The van der Waals surface area contributed by atoms with E-state index < -0.39 is 6.04 Å². The molecule has 0 aliphatic rings. The van der Waals surface area contributed by atoms with E-state index in [1.54, 1.807) is 7.11 Å². The number of methoxy groups -OCH3 is 1. The van der Waals surface area contributed by atoms with Gasteiger partial charge in [-0.1, -0.05) is 12.1 Å². The van der Waals surface area contributed by atoms with Gasteiger partial charge in [-0.3, -0.25) is 4.79 Å². The van der Waals surface area contributed by atoms with Crippen LogP contribution in [0.4, 0.5) is 0 Å². The SMILES string of the molecule is COc1ccc(CNC(=O)C(N)CO)cc1. The van der Waals surface area contributed by atoms with Crippen molar-refractivity contribution in [1.82, 2.24) is 5.32 Å². The zero-order valence-corrected chi connectivity index (χ0v) is 9.14. The number of benzene rings is 1. The predicted molar refractivity (Wildman–Crippen MR) is 59.9 cm³/mol. The number of hydrogen-bond donors (Lipinski definition) is 3. The molecule has 88 valence electrons. The van der Waals surface area contributed by atoms with Gasteiger partial charge in [-0.05, 0) is 17.7 Å². The van der Waals surface area contributed by atoms with Crippen molar-refractivity contribution in [1.29, 1.82) is 0 Å². The van der Waals surface area contributed by atoms with E-state index in [0.717, 1.165) is 11.3 Å². The molecule has 0 saturated carbocycles. The third-order valence-corrected chi connectivity index (χ3v) is 2.16. The van der Waals surface area contributed by atoms with E-state index in [-0.39, 0.29) is 12.5 Å². The van der Waals surface area contributed by atoms with E-state index >= 15 is 0 Å². The van der Waals surface area contributed by atoms with Crippen LogP contribution in [0.15, 0.2) is 24.3 Å². The molecule has 4 N–H and O–H groups in total. The molecule has 0 aliphatic carbocycles. The predicted octanol–water partition coefficient (Wildman–Crippen LogP) is -0.369. The standard InChI is InChI=1S/C11H16N2O3/c1-16-9-4-2-8(3-5-9)6-13-11(15)10(12)7-14/h2-5,10,14H,6-7,12H2,1H3,(H,13,15). The first kappa shape index (κ1) is 12.5. The maximum Gasteiger partial charge on any atom is 0.239 e. The largest absolute Gasteiger partial charge is 0.497 e. The molecule has 0 heterocycles. The summed E-state index contributed by atoms with van der Waals surface area (Å²) in [7, 11) is 1.59. The van der Waals surface area contributed by atoms with Crippen LogP contribution in [0.25, 0.3) is 0 Å². The lowest BCUT2D eigenvalue weighted by atomic mass is 10.2. The second-order valence-electron chi connectivity index (χ2n) is 3.35. The van der Waals surface area contributed by atoms with E-state index in [1.807, 2.05) is 24.3 Å². The van der Waals surface area contributed by atoms with Crippen molar-refractivity contribution in [3.8, 4) is 5.75 Å². The van der Waals surface area contributed by atoms with Crippen LogP contribution in [0.1, 0.15) is 5.56 Å². The first-order chi connectivity index (χ1) is 7.67. The van der Waals surface area contributed by atoms with Crippen LogP contribution in [-0.2, 0) is 11.3 Å². The molecule has 1 aromatic carbocycles. The lowest BCUT2D eigenvalue weighted by Crippen LogP contribution is -2.42. The molecule has 1 aromatic rings. The van der Waals surface area contributed by atoms with Crippen molar-refractivity contribution in [2.45, 2.75) is 12.6 Å². The summed E-state index contributed by atoms with van der Waals surface area (Å²) in [5, 5.41) is 11.3. The van der Waals surface area contributed by atoms with Crippen molar-refractivity contribution in [2.24, 2.45) is 5.73 Å². The minimum Gasteiger partial charge on any atom is -0.497 e. The van der Waals surface area contributed by atoms with Gasteiger partial charge in [0.2, 0.25) is 5.91 Å². The summed E-state index contributed by atoms with van der Waals surface area (Å²) in [5.41, 5.74) is 6.29. The van der Waals surface area contributed by atoms with E-state index in [0.29, 0.717) is 6.54 Å². The van der Waals surface area contributed by atoms with Crippen LogP contribution in [0.5, 0.6) is 5.75 Å². The lowest BCUT2D eigenvalue weighted by Gasteiger charge is -2.09. The number of ether oxygens (including phenoxy) is 1. The van der Waals surface area contributed by atoms with Gasteiger partial charge in [0.05, 0.1) is 13.7 Å². The molecule has 0 radical (unpaired) electrons. The molecule has 1 unspecified atom stereocenters. The Morgan fingerprint density at radius 1 is 1.50 bits per heavy atom. The molecular formula is C11H16N2O3. The molecule has 1 amide bonds. The second-order valence-corrected chi connectivity index (χ2v) is 3.35. The van der Waals surface area contributed by atoms with Crippen molar-refractivity contribution >= 4 is 5.91 Å². The van der Waals surface area contributed by atoms with E-state index in [1.165, 1.54) is 0 Å². The zero-order valence-electron chi connectivity index (χ0n) is 9.14. The molecule has 1 atom stereocenters. The molecule has 5 heteroatoms. The third kappa shape index (κ3) is 3.52. The van der Waals surface area contributed by atoms with E-state index in [4.69, 9.17) is 15.6 Å². The Morgan fingerprint density at radius 2 is 2.12 bits per heavy atom. The van der Waals surface area contributed by atoms with Gasteiger partial charge in [0, 0.05) is 6.54 Å². The zero-order chi connectivity index (χ0) is 12.0. The van der Waals surface area contributed by atoms with Crippen molar-refractivity contribution in [3.63, 3.8) is 0 Å². The first-order valence-electron chi connectivity index (χ1n) is 4.94. The molecule has 0 spiro atoms. The fourth-order valence-corrected chi connectivity index (χ4v) is 1.15. The first-order valence-corrected chi connectivity index (χ1v) is 4.94. The molecule has 0 fully saturated rings. The van der Waals surface area contributed by atoms with Crippen LogP contribution in [0, 0.1) is 0 Å². The van der Waals surface area contributed by atoms with Crippen molar-refractivity contribution in [3.05, 3.63) is 29.8 Å². The number of carbonyl (C=O) groups is 1. The molecular weight excluding hydrogens is 208 g/mol. The number of rotatable bonds is 5. The highest BCUT2D eigenvalue weighted by Gasteiger charge is 2.10. The summed E-state index contributed by atoms with van der Waals surface area (Å²) in [6, 6.07) is 6.46. The summed E-state index contributed by atoms with van der Waals surface area (Å²) in [4.78, 5) is 11.2. The van der Waals surface area contributed by atoms with Crippen LogP contribution in [0.3, 0.4) is 0 Å².